The Morgan fingerprint density at radius 3 is 2.83 bits per heavy atom. The molecule has 10 heteroatoms. The third kappa shape index (κ3) is 2.56. The standard InChI is InChI=1S/C13H14F2N4O3S/c1-2-18-9(8(14)15)17-10-7(11(18)20)16-13(23-10)19-5-3-4-6(19)12(21)22/h6,8H,2-5H2,1H3,(H,21,22). The molecule has 3 heterocycles. The highest BCUT2D eigenvalue weighted by molar-refractivity contribution is 7.21. The van der Waals surface area contributed by atoms with Gasteiger partial charge in [0.15, 0.2) is 21.3 Å². The Morgan fingerprint density at radius 2 is 2.22 bits per heavy atom. The number of carbonyl (C=O) groups is 1. The fourth-order valence-electron chi connectivity index (χ4n) is 2.76. The molecule has 0 spiro atoms. The van der Waals surface area contributed by atoms with Crippen LogP contribution in [0.1, 0.15) is 32.0 Å². The van der Waals surface area contributed by atoms with Gasteiger partial charge in [-0.2, -0.15) is 0 Å². The molecule has 0 saturated carbocycles. The van der Waals surface area contributed by atoms with Crippen molar-refractivity contribution >= 4 is 32.8 Å². The topological polar surface area (TPSA) is 88.3 Å². The van der Waals surface area contributed by atoms with E-state index in [2.05, 4.69) is 9.97 Å². The summed E-state index contributed by atoms with van der Waals surface area (Å²) in [5.74, 6) is -1.55. The maximum absolute atomic E-state index is 13.1. The number of rotatable bonds is 4. The van der Waals surface area contributed by atoms with Gasteiger partial charge >= 0.3 is 5.97 Å². The van der Waals surface area contributed by atoms with E-state index in [9.17, 15) is 23.5 Å². The molecule has 1 aliphatic heterocycles. The highest BCUT2D eigenvalue weighted by Gasteiger charge is 2.33. The van der Waals surface area contributed by atoms with Crippen LogP contribution >= 0.6 is 11.3 Å². The minimum Gasteiger partial charge on any atom is -0.480 e. The molecule has 7 nitrogen and oxygen atoms in total. The minimum absolute atomic E-state index is 0.00675. The molecule has 1 aliphatic rings. The second kappa shape index (κ2) is 5.84. The Morgan fingerprint density at radius 1 is 1.48 bits per heavy atom. The molecule has 0 aromatic carbocycles. The molecule has 1 saturated heterocycles. The quantitative estimate of drug-likeness (QED) is 0.911. The van der Waals surface area contributed by atoms with Gasteiger partial charge in [0, 0.05) is 13.1 Å². The molecule has 0 radical (unpaired) electrons. The highest BCUT2D eigenvalue weighted by Crippen LogP contribution is 2.32. The molecular formula is C13H14F2N4O3S. The van der Waals surface area contributed by atoms with E-state index in [1.807, 2.05) is 0 Å². The van der Waals surface area contributed by atoms with E-state index in [0.29, 0.717) is 24.5 Å². The molecule has 124 valence electrons. The van der Waals surface area contributed by atoms with Gasteiger partial charge < -0.3 is 10.0 Å². The van der Waals surface area contributed by atoms with Crippen molar-refractivity contribution in [2.45, 2.75) is 38.8 Å². The predicted molar refractivity (Wildman–Crippen MR) is 80.3 cm³/mol. The monoisotopic (exact) mass is 344 g/mol. The van der Waals surface area contributed by atoms with Gasteiger partial charge in [-0.25, -0.2) is 23.5 Å². The zero-order valence-electron chi connectivity index (χ0n) is 12.2. The number of thiazole rings is 1. The van der Waals surface area contributed by atoms with Crippen LogP contribution in [-0.4, -0.2) is 38.2 Å². The summed E-state index contributed by atoms with van der Waals surface area (Å²) in [6.07, 6.45) is -1.68. The Hall–Kier alpha value is -2.10. The maximum atomic E-state index is 13.1. The van der Waals surface area contributed by atoms with Gasteiger partial charge in [0.25, 0.3) is 12.0 Å². The summed E-state index contributed by atoms with van der Waals surface area (Å²) in [5.41, 5.74) is -0.617. The lowest BCUT2D eigenvalue weighted by atomic mass is 10.2. The Balaban J connectivity index is 2.14. The van der Waals surface area contributed by atoms with Crippen molar-refractivity contribution in [1.82, 2.24) is 14.5 Å². The summed E-state index contributed by atoms with van der Waals surface area (Å²) in [7, 11) is 0. The number of anilines is 1. The van der Waals surface area contributed by atoms with Gasteiger partial charge in [-0.15, -0.1) is 0 Å². The second-order valence-electron chi connectivity index (χ2n) is 5.16. The largest absolute Gasteiger partial charge is 0.480 e. The fraction of sp³-hybridized carbons (Fsp3) is 0.538. The second-order valence-corrected chi connectivity index (χ2v) is 6.12. The van der Waals surface area contributed by atoms with Crippen molar-refractivity contribution in [2.75, 3.05) is 11.4 Å². The van der Waals surface area contributed by atoms with E-state index in [-0.39, 0.29) is 16.9 Å². The van der Waals surface area contributed by atoms with Crippen LogP contribution in [0.3, 0.4) is 0 Å². The number of fused-ring (bicyclic) bond motifs is 1. The summed E-state index contributed by atoms with van der Waals surface area (Å²) in [6, 6.07) is -0.710. The van der Waals surface area contributed by atoms with E-state index in [0.717, 1.165) is 15.9 Å². The Bertz CT molecular complexity index is 819. The predicted octanol–water partition coefficient (Wildman–Crippen LogP) is 1.86. The lowest BCUT2D eigenvalue weighted by Crippen LogP contribution is -2.35. The van der Waals surface area contributed by atoms with Crippen molar-refractivity contribution in [1.29, 1.82) is 0 Å². The van der Waals surface area contributed by atoms with Gasteiger partial charge in [-0.1, -0.05) is 11.3 Å². The number of carboxylic acid groups (broad SMARTS) is 1. The number of aliphatic carboxylic acids is 1. The van der Waals surface area contributed by atoms with Crippen molar-refractivity contribution in [2.24, 2.45) is 0 Å². The SMILES string of the molecule is CCn1c(C(F)F)nc2sc(N3CCCC3C(=O)O)nc2c1=O. The first-order chi connectivity index (χ1) is 10.9. The average molecular weight is 344 g/mol. The summed E-state index contributed by atoms with van der Waals surface area (Å²) in [5, 5.41) is 9.56. The van der Waals surface area contributed by atoms with E-state index in [1.54, 1.807) is 11.8 Å². The molecular weight excluding hydrogens is 330 g/mol. The summed E-state index contributed by atoms with van der Waals surface area (Å²) in [4.78, 5) is 33.3. The van der Waals surface area contributed by atoms with E-state index >= 15 is 0 Å². The van der Waals surface area contributed by atoms with Gasteiger partial charge in [-0.05, 0) is 19.8 Å². The first kappa shape index (κ1) is 15.8. The third-order valence-corrected chi connectivity index (χ3v) is 4.82. The third-order valence-electron chi connectivity index (χ3n) is 3.83. The lowest BCUT2D eigenvalue weighted by molar-refractivity contribution is -0.138. The molecule has 0 amide bonds. The zero-order chi connectivity index (χ0) is 16.7. The number of aromatic nitrogens is 3. The molecule has 2 aromatic rings. The number of halogens is 2. The molecule has 0 bridgehead atoms. The minimum atomic E-state index is -2.86. The van der Waals surface area contributed by atoms with Gasteiger partial charge in [-0.3, -0.25) is 9.36 Å². The molecule has 23 heavy (non-hydrogen) atoms. The zero-order valence-corrected chi connectivity index (χ0v) is 13.0. The normalized spacial score (nSPS) is 18.3. The van der Waals surface area contributed by atoms with Crippen molar-refractivity contribution < 1.29 is 18.7 Å². The molecule has 1 atom stereocenters. The smallest absolute Gasteiger partial charge is 0.326 e. The summed E-state index contributed by atoms with van der Waals surface area (Å²) in [6.45, 7) is 2.14. The molecule has 2 aromatic heterocycles. The van der Waals surface area contributed by atoms with Crippen LogP contribution in [-0.2, 0) is 11.3 Å². The molecule has 0 aliphatic carbocycles. The number of hydrogen-bond donors (Lipinski definition) is 1. The first-order valence-electron chi connectivity index (χ1n) is 7.13. The first-order valence-corrected chi connectivity index (χ1v) is 7.94. The van der Waals surface area contributed by atoms with Crippen LogP contribution in [0.15, 0.2) is 4.79 Å². The van der Waals surface area contributed by atoms with Crippen LogP contribution in [0.2, 0.25) is 0 Å². The van der Waals surface area contributed by atoms with Crippen LogP contribution < -0.4 is 10.5 Å². The number of alkyl halides is 2. The Kier molecular flexibility index (Phi) is 4.00. The maximum Gasteiger partial charge on any atom is 0.326 e. The average Bonchev–Trinajstić information content (AvgIpc) is 3.13. The lowest BCUT2D eigenvalue weighted by Gasteiger charge is -2.19. The van der Waals surface area contributed by atoms with Gasteiger partial charge in [0.2, 0.25) is 0 Å². The van der Waals surface area contributed by atoms with Gasteiger partial charge in [0.1, 0.15) is 6.04 Å². The number of carboxylic acids is 1. The molecule has 3 rings (SSSR count). The van der Waals surface area contributed by atoms with E-state index in [4.69, 9.17) is 0 Å². The Labute approximate surface area is 133 Å². The van der Waals surface area contributed by atoms with Crippen molar-refractivity contribution in [3.63, 3.8) is 0 Å². The molecule has 1 N–H and O–H groups in total. The highest BCUT2D eigenvalue weighted by atomic mass is 32.1. The van der Waals surface area contributed by atoms with Crippen molar-refractivity contribution in [3.8, 4) is 0 Å². The van der Waals surface area contributed by atoms with Gasteiger partial charge in [0.05, 0.1) is 0 Å². The molecule has 1 unspecified atom stereocenters. The van der Waals surface area contributed by atoms with E-state index in [1.165, 1.54) is 0 Å². The van der Waals surface area contributed by atoms with Crippen LogP contribution in [0, 0.1) is 0 Å². The van der Waals surface area contributed by atoms with Crippen LogP contribution in [0.4, 0.5) is 13.9 Å². The number of nitrogens with zero attached hydrogens (tertiary/aromatic N) is 4. The van der Waals surface area contributed by atoms with E-state index < -0.39 is 29.8 Å². The fourth-order valence-corrected chi connectivity index (χ4v) is 3.77. The van der Waals surface area contributed by atoms with Crippen molar-refractivity contribution in [3.05, 3.63) is 16.2 Å². The summed E-state index contributed by atoms with van der Waals surface area (Å²) >= 11 is 0.974. The number of hydrogen-bond acceptors (Lipinski definition) is 6. The van der Waals surface area contributed by atoms with Crippen LogP contribution in [0.5, 0.6) is 0 Å². The summed E-state index contributed by atoms with van der Waals surface area (Å²) < 4.78 is 27.0. The molecule has 1 fully saturated rings. The van der Waals surface area contributed by atoms with Crippen LogP contribution in [0.25, 0.3) is 10.3 Å².